The largest absolute Gasteiger partial charge is 0.439 e. The molecule has 0 fully saturated rings. The lowest BCUT2D eigenvalue weighted by Gasteiger charge is -2.03. The number of nitrogens with two attached hydrogens (primary N) is 1. The van der Waals surface area contributed by atoms with Gasteiger partial charge in [-0.05, 0) is 15.9 Å². The maximum atomic E-state index is 5.65. The maximum Gasteiger partial charge on any atom is 0.195 e. The lowest BCUT2D eigenvalue weighted by Crippen LogP contribution is -2.12. The molecule has 15 heavy (non-hydrogen) atoms. The molecule has 0 bridgehead atoms. The molecule has 2 aromatic rings. The van der Waals surface area contributed by atoms with Gasteiger partial charge in [-0.3, -0.25) is 0 Å². The van der Waals surface area contributed by atoms with Crippen LogP contribution in [0.4, 0.5) is 5.88 Å². The minimum Gasteiger partial charge on any atom is -0.439 e. The van der Waals surface area contributed by atoms with Crippen molar-refractivity contribution in [1.82, 2.24) is 0 Å². The van der Waals surface area contributed by atoms with E-state index in [1.54, 1.807) is 11.3 Å². The van der Waals surface area contributed by atoms with E-state index in [2.05, 4.69) is 21.2 Å². The third kappa shape index (κ3) is 2.23. The van der Waals surface area contributed by atoms with Crippen LogP contribution >= 0.6 is 39.5 Å². The second kappa shape index (κ2) is 4.61. The first-order valence-electron chi connectivity index (χ1n) is 4.37. The summed E-state index contributed by atoms with van der Waals surface area (Å²) >= 11 is 10.3. The van der Waals surface area contributed by atoms with E-state index in [1.165, 1.54) is 0 Å². The Morgan fingerprint density at radius 3 is 3.13 bits per heavy atom. The zero-order chi connectivity index (χ0) is 10.8. The molecule has 0 radical (unpaired) electrons. The molecule has 3 N–H and O–H groups in total. The van der Waals surface area contributed by atoms with Crippen LogP contribution in [0.1, 0.15) is 0 Å². The van der Waals surface area contributed by atoms with Gasteiger partial charge in [0, 0.05) is 24.5 Å². The highest BCUT2D eigenvalue weighted by atomic mass is 79.9. The van der Waals surface area contributed by atoms with E-state index in [0.29, 0.717) is 19.0 Å². The number of thiophene rings is 1. The number of hydrogen-bond acceptors (Lipinski definition) is 5. The number of halogens is 1. The number of anilines is 1. The second-order valence-corrected chi connectivity index (χ2v) is 5.11. The van der Waals surface area contributed by atoms with Crippen LogP contribution < -0.4 is 11.1 Å². The highest BCUT2D eigenvalue weighted by molar-refractivity contribution is 9.10. The Morgan fingerprint density at radius 1 is 1.60 bits per heavy atom. The molecule has 0 aromatic carbocycles. The summed E-state index contributed by atoms with van der Waals surface area (Å²) in [7, 11) is 0. The van der Waals surface area contributed by atoms with Gasteiger partial charge in [-0.1, -0.05) is 12.2 Å². The van der Waals surface area contributed by atoms with Crippen LogP contribution in [0.3, 0.4) is 0 Å². The van der Waals surface area contributed by atoms with Crippen LogP contribution in [0, 0.1) is 4.51 Å². The summed E-state index contributed by atoms with van der Waals surface area (Å²) in [5.74, 6) is 0.664. The zero-order valence-electron chi connectivity index (χ0n) is 7.75. The van der Waals surface area contributed by atoms with Crippen LogP contribution in [0.5, 0.6) is 0 Å². The Hall–Kier alpha value is -0.430. The predicted molar refractivity (Wildman–Crippen MR) is 70.2 cm³/mol. The van der Waals surface area contributed by atoms with Gasteiger partial charge in [0.25, 0.3) is 0 Å². The summed E-state index contributed by atoms with van der Waals surface area (Å²) in [6.07, 6.45) is 0. The first-order chi connectivity index (χ1) is 7.22. The molecule has 0 saturated carbocycles. The van der Waals surface area contributed by atoms with Crippen molar-refractivity contribution in [2.75, 3.05) is 18.4 Å². The summed E-state index contributed by atoms with van der Waals surface area (Å²) in [5.41, 5.74) is 6.20. The first kappa shape index (κ1) is 11.1. The van der Waals surface area contributed by atoms with E-state index < -0.39 is 0 Å². The fourth-order valence-corrected chi connectivity index (χ4v) is 2.99. The van der Waals surface area contributed by atoms with Crippen molar-refractivity contribution in [1.29, 1.82) is 0 Å². The van der Waals surface area contributed by atoms with Crippen molar-refractivity contribution in [3.05, 3.63) is 20.4 Å². The average Bonchev–Trinajstić information content (AvgIpc) is 2.58. The summed E-state index contributed by atoms with van der Waals surface area (Å²) < 4.78 is 8.37. The van der Waals surface area contributed by atoms with Gasteiger partial charge in [0.05, 0.1) is 13.7 Å². The molecule has 0 unspecified atom stereocenters. The Kier molecular flexibility index (Phi) is 3.40. The van der Waals surface area contributed by atoms with Gasteiger partial charge in [0.1, 0.15) is 0 Å². The Balaban J connectivity index is 2.50. The fourth-order valence-electron chi connectivity index (χ4n) is 1.20. The number of nitrogens with one attached hydrogen (secondary N) is 1. The molecule has 0 amide bonds. The monoisotopic (exact) mass is 304 g/mol. The summed E-state index contributed by atoms with van der Waals surface area (Å²) in [6.45, 7) is 1.23. The summed E-state index contributed by atoms with van der Waals surface area (Å²) in [4.78, 5) is 0. The lowest BCUT2D eigenvalue weighted by atomic mass is 10.4. The van der Waals surface area contributed by atoms with Gasteiger partial charge < -0.3 is 15.5 Å². The van der Waals surface area contributed by atoms with Crippen LogP contribution in [-0.4, -0.2) is 13.1 Å². The number of rotatable bonds is 3. The predicted octanol–water partition coefficient (Wildman–Crippen LogP) is 3.36. The molecule has 0 spiro atoms. The van der Waals surface area contributed by atoms with Crippen molar-refractivity contribution in [3.8, 4) is 0 Å². The summed E-state index contributed by atoms with van der Waals surface area (Å²) in [5, 5.41) is 5.04. The molecule has 80 valence electrons. The fraction of sp³-hybridized carbons (Fsp3) is 0.222. The highest BCUT2D eigenvalue weighted by Gasteiger charge is 2.07. The normalized spacial score (nSPS) is 10.8. The minimum atomic E-state index is 0.561. The third-order valence-corrected chi connectivity index (χ3v) is 4.18. The van der Waals surface area contributed by atoms with Gasteiger partial charge >= 0.3 is 0 Å². The molecule has 2 aromatic heterocycles. The van der Waals surface area contributed by atoms with Gasteiger partial charge in [-0.25, -0.2) is 0 Å². The second-order valence-electron chi connectivity index (χ2n) is 2.93. The minimum absolute atomic E-state index is 0.561. The number of fused-ring (bicyclic) bond motifs is 1. The van der Waals surface area contributed by atoms with Gasteiger partial charge in [-0.15, -0.1) is 11.3 Å². The van der Waals surface area contributed by atoms with Crippen LogP contribution in [0.15, 0.2) is 20.3 Å². The molecule has 0 aliphatic carbocycles. The van der Waals surface area contributed by atoms with Gasteiger partial charge in [-0.2, -0.15) is 0 Å². The molecule has 0 saturated heterocycles. The van der Waals surface area contributed by atoms with Crippen LogP contribution in [0.25, 0.3) is 10.3 Å². The summed E-state index contributed by atoms with van der Waals surface area (Å²) in [6, 6.07) is 1.82. The molecule has 0 atom stereocenters. The Morgan fingerprint density at radius 2 is 2.40 bits per heavy atom. The van der Waals surface area contributed by atoms with Crippen molar-refractivity contribution >= 4 is 55.7 Å². The van der Waals surface area contributed by atoms with Crippen LogP contribution in [0.2, 0.25) is 0 Å². The van der Waals surface area contributed by atoms with E-state index in [1.807, 2.05) is 11.4 Å². The molecule has 3 nitrogen and oxygen atoms in total. The van der Waals surface area contributed by atoms with Crippen molar-refractivity contribution in [3.63, 3.8) is 0 Å². The van der Waals surface area contributed by atoms with E-state index in [9.17, 15) is 0 Å². The average molecular weight is 305 g/mol. The molecule has 6 heteroatoms. The lowest BCUT2D eigenvalue weighted by molar-refractivity contribution is 0.615. The topological polar surface area (TPSA) is 51.2 Å². The van der Waals surface area contributed by atoms with Crippen LogP contribution in [-0.2, 0) is 0 Å². The molecule has 2 rings (SSSR count). The highest BCUT2D eigenvalue weighted by Crippen LogP contribution is 2.33. The van der Waals surface area contributed by atoms with E-state index in [0.717, 1.165) is 19.3 Å². The van der Waals surface area contributed by atoms with Gasteiger partial charge in [0.2, 0.25) is 0 Å². The molecule has 0 aliphatic rings. The van der Waals surface area contributed by atoms with E-state index in [-0.39, 0.29) is 0 Å². The third-order valence-electron chi connectivity index (χ3n) is 1.84. The standard InChI is InChI=1S/C9H9BrN2OS2/c10-5-4-15-9-6(14)3-7(12-2-1-11)13-8(5)9/h3-4,12H,1-2,11H2. The molecular weight excluding hydrogens is 296 g/mol. The quantitative estimate of drug-likeness (QED) is 0.854. The smallest absolute Gasteiger partial charge is 0.195 e. The van der Waals surface area contributed by atoms with Crippen molar-refractivity contribution < 1.29 is 4.42 Å². The SMILES string of the molecule is NCCNc1cc(=S)c2scc(Br)c2o1. The van der Waals surface area contributed by atoms with Crippen molar-refractivity contribution in [2.24, 2.45) is 5.73 Å². The Labute approximate surface area is 104 Å². The van der Waals surface area contributed by atoms with E-state index >= 15 is 0 Å². The molecule has 0 aliphatic heterocycles. The molecular formula is C9H9BrN2OS2. The van der Waals surface area contributed by atoms with E-state index in [4.69, 9.17) is 22.4 Å². The maximum absolute atomic E-state index is 5.65. The zero-order valence-corrected chi connectivity index (χ0v) is 11.0. The van der Waals surface area contributed by atoms with Crippen molar-refractivity contribution in [2.45, 2.75) is 0 Å². The first-order valence-corrected chi connectivity index (χ1v) is 6.45. The molecule has 2 heterocycles. The number of hydrogen-bond donors (Lipinski definition) is 2. The Bertz CT molecular complexity index is 534. The van der Waals surface area contributed by atoms with Gasteiger partial charge in [0.15, 0.2) is 11.5 Å².